The normalized spacial score (nSPS) is 10.6. The first-order valence-electron chi connectivity index (χ1n) is 7.75. The van der Waals surface area contributed by atoms with Crippen molar-refractivity contribution in [3.63, 3.8) is 0 Å². The average molecular weight is 350 g/mol. The zero-order valence-corrected chi connectivity index (χ0v) is 13.6. The van der Waals surface area contributed by atoms with Crippen LogP contribution in [0.25, 0.3) is 11.1 Å². The Hall–Kier alpha value is -2.58. The van der Waals surface area contributed by atoms with Crippen LogP contribution in [0.5, 0.6) is 5.75 Å². The maximum atomic E-state index is 11.8. The summed E-state index contributed by atoms with van der Waals surface area (Å²) in [5, 5.41) is 11.3. The number of halogens is 1. The number of aromatic nitrogens is 1. The van der Waals surface area contributed by atoms with Gasteiger partial charge in [-0.1, -0.05) is 6.07 Å². The molecule has 0 saturated heterocycles. The Morgan fingerprint density at radius 1 is 1.08 bits per heavy atom. The minimum Gasteiger partial charge on any atom is -0.491 e. The van der Waals surface area contributed by atoms with Gasteiger partial charge in [0.05, 0.1) is 43.0 Å². The topological polar surface area (TPSA) is 83.7 Å². The fourth-order valence-corrected chi connectivity index (χ4v) is 2.11. The van der Waals surface area contributed by atoms with Crippen molar-refractivity contribution < 1.29 is 23.5 Å². The molecule has 0 aliphatic carbocycles. The van der Waals surface area contributed by atoms with Gasteiger partial charge in [0.2, 0.25) is 0 Å². The molecule has 25 heavy (non-hydrogen) atoms. The van der Waals surface area contributed by atoms with Crippen molar-refractivity contribution >= 4 is 5.69 Å². The molecule has 1 aromatic carbocycles. The van der Waals surface area contributed by atoms with Gasteiger partial charge in [-0.15, -0.1) is 0 Å². The van der Waals surface area contributed by atoms with E-state index in [1.165, 1.54) is 6.07 Å². The molecule has 7 nitrogen and oxygen atoms in total. The van der Waals surface area contributed by atoms with Gasteiger partial charge in [-0.05, 0) is 18.2 Å². The van der Waals surface area contributed by atoms with Crippen LogP contribution in [0, 0.1) is 10.1 Å². The zero-order chi connectivity index (χ0) is 17.9. The van der Waals surface area contributed by atoms with Crippen molar-refractivity contribution in [3.8, 4) is 16.9 Å². The number of pyridine rings is 1. The smallest absolute Gasteiger partial charge is 0.280 e. The number of benzene rings is 1. The standard InChI is InChI=1S/C17H19FN2O5/c18-5-7-23-8-9-24-10-11-25-15-3-4-16(17(12-15)20(21)22)14-2-1-6-19-13-14/h1-4,6,12-13H,5,7-11H2. The lowest BCUT2D eigenvalue weighted by Gasteiger charge is -2.09. The van der Waals surface area contributed by atoms with Gasteiger partial charge in [-0.3, -0.25) is 15.1 Å². The molecular weight excluding hydrogens is 331 g/mol. The first-order valence-corrected chi connectivity index (χ1v) is 7.75. The van der Waals surface area contributed by atoms with E-state index in [4.69, 9.17) is 14.2 Å². The highest BCUT2D eigenvalue weighted by Crippen LogP contribution is 2.32. The molecule has 0 fully saturated rings. The van der Waals surface area contributed by atoms with Crippen LogP contribution in [0.4, 0.5) is 10.1 Å². The fraction of sp³-hybridized carbons (Fsp3) is 0.353. The van der Waals surface area contributed by atoms with Gasteiger partial charge in [0.15, 0.2) is 0 Å². The second kappa shape index (κ2) is 10.3. The van der Waals surface area contributed by atoms with Gasteiger partial charge in [-0.2, -0.15) is 0 Å². The number of alkyl halides is 1. The van der Waals surface area contributed by atoms with Crippen molar-refractivity contribution in [1.29, 1.82) is 0 Å². The van der Waals surface area contributed by atoms with Gasteiger partial charge in [0, 0.05) is 18.0 Å². The number of rotatable bonds is 11. The first kappa shape index (κ1) is 18.8. The summed E-state index contributed by atoms with van der Waals surface area (Å²) in [7, 11) is 0. The highest BCUT2D eigenvalue weighted by molar-refractivity contribution is 5.73. The molecule has 8 heteroatoms. The third-order valence-electron chi connectivity index (χ3n) is 3.23. The number of ether oxygens (including phenoxy) is 3. The van der Waals surface area contributed by atoms with Crippen molar-refractivity contribution in [2.75, 3.05) is 39.7 Å². The molecule has 2 aromatic rings. The maximum absolute atomic E-state index is 11.8. The molecule has 0 N–H and O–H groups in total. The van der Waals surface area contributed by atoms with Crippen LogP contribution in [0.1, 0.15) is 0 Å². The minimum atomic E-state index is -0.517. The van der Waals surface area contributed by atoms with Crippen molar-refractivity contribution in [2.24, 2.45) is 0 Å². The molecule has 0 atom stereocenters. The third kappa shape index (κ3) is 6.09. The second-order valence-electron chi connectivity index (χ2n) is 4.94. The van der Waals surface area contributed by atoms with E-state index in [0.29, 0.717) is 36.7 Å². The Kier molecular flexibility index (Phi) is 7.74. The zero-order valence-electron chi connectivity index (χ0n) is 13.6. The molecule has 2 rings (SSSR count). The molecular formula is C17H19FN2O5. The van der Waals surface area contributed by atoms with Crippen LogP contribution in [0.15, 0.2) is 42.7 Å². The number of nitro groups is 1. The monoisotopic (exact) mass is 350 g/mol. The summed E-state index contributed by atoms with van der Waals surface area (Å²) in [5.41, 5.74) is 1.09. The summed E-state index contributed by atoms with van der Waals surface area (Å²) in [5.74, 6) is 0.386. The Morgan fingerprint density at radius 2 is 1.84 bits per heavy atom. The number of hydrogen-bond acceptors (Lipinski definition) is 6. The highest BCUT2D eigenvalue weighted by atomic mass is 19.1. The van der Waals surface area contributed by atoms with Crippen molar-refractivity contribution in [3.05, 3.63) is 52.8 Å². The van der Waals surface area contributed by atoms with Crippen LogP contribution in [-0.4, -0.2) is 49.6 Å². The number of hydrogen-bond donors (Lipinski definition) is 0. The maximum Gasteiger partial charge on any atom is 0.280 e. The van der Waals surface area contributed by atoms with Gasteiger partial charge >= 0.3 is 0 Å². The van der Waals surface area contributed by atoms with Crippen LogP contribution in [-0.2, 0) is 9.47 Å². The molecule has 0 unspecified atom stereocenters. The summed E-state index contributed by atoms with van der Waals surface area (Å²) in [6, 6.07) is 8.16. The summed E-state index contributed by atoms with van der Waals surface area (Å²) in [6.07, 6.45) is 3.18. The van der Waals surface area contributed by atoms with Crippen LogP contribution in [0.2, 0.25) is 0 Å². The molecule has 0 spiro atoms. The van der Waals surface area contributed by atoms with E-state index in [9.17, 15) is 14.5 Å². The Labute approximate surface area is 144 Å². The van der Waals surface area contributed by atoms with Crippen molar-refractivity contribution in [2.45, 2.75) is 0 Å². The van der Waals surface area contributed by atoms with E-state index in [1.54, 1.807) is 36.7 Å². The van der Waals surface area contributed by atoms with Gasteiger partial charge < -0.3 is 14.2 Å². The number of nitrogens with zero attached hydrogens (tertiary/aromatic N) is 2. The van der Waals surface area contributed by atoms with Gasteiger partial charge in [-0.25, -0.2) is 4.39 Å². The predicted molar refractivity (Wildman–Crippen MR) is 89.4 cm³/mol. The lowest BCUT2D eigenvalue weighted by Crippen LogP contribution is -2.11. The van der Waals surface area contributed by atoms with E-state index < -0.39 is 11.6 Å². The Morgan fingerprint density at radius 3 is 2.52 bits per heavy atom. The molecule has 0 radical (unpaired) electrons. The quantitative estimate of drug-likeness (QED) is 0.352. The molecule has 0 aliphatic rings. The van der Waals surface area contributed by atoms with Crippen LogP contribution < -0.4 is 4.74 Å². The highest BCUT2D eigenvalue weighted by Gasteiger charge is 2.16. The van der Waals surface area contributed by atoms with E-state index in [1.807, 2.05) is 0 Å². The molecule has 0 bridgehead atoms. The van der Waals surface area contributed by atoms with Crippen LogP contribution >= 0.6 is 0 Å². The fourth-order valence-electron chi connectivity index (χ4n) is 2.11. The first-order chi connectivity index (χ1) is 12.2. The molecule has 0 saturated carbocycles. The van der Waals surface area contributed by atoms with E-state index in [2.05, 4.69) is 4.98 Å². The Bertz CT molecular complexity index is 669. The molecule has 1 heterocycles. The summed E-state index contributed by atoms with van der Waals surface area (Å²) in [6.45, 7) is 0.742. The predicted octanol–water partition coefficient (Wildman–Crippen LogP) is 3.04. The SMILES string of the molecule is O=[N+]([O-])c1cc(OCCOCCOCCF)ccc1-c1cccnc1. The third-order valence-corrected chi connectivity index (χ3v) is 3.23. The van der Waals surface area contributed by atoms with Gasteiger partial charge in [0.25, 0.3) is 5.69 Å². The molecule has 134 valence electrons. The molecule has 0 amide bonds. The van der Waals surface area contributed by atoms with Gasteiger partial charge in [0.1, 0.15) is 19.0 Å². The lowest BCUT2D eigenvalue weighted by molar-refractivity contribution is -0.384. The summed E-state index contributed by atoms with van der Waals surface area (Å²) < 4.78 is 27.5. The number of nitro benzene ring substituents is 1. The minimum absolute atomic E-state index is 0.0500. The van der Waals surface area contributed by atoms with Crippen LogP contribution in [0.3, 0.4) is 0 Å². The van der Waals surface area contributed by atoms with Crippen molar-refractivity contribution in [1.82, 2.24) is 4.98 Å². The van der Waals surface area contributed by atoms with E-state index in [-0.39, 0.29) is 18.9 Å². The summed E-state index contributed by atoms with van der Waals surface area (Å²) in [4.78, 5) is 14.8. The van der Waals surface area contributed by atoms with E-state index in [0.717, 1.165) is 0 Å². The largest absolute Gasteiger partial charge is 0.491 e. The molecule has 1 aromatic heterocycles. The second-order valence-corrected chi connectivity index (χ2v) is 4.94. The average Bonchev–Trinajstić information content (AvgIpc) is 2.64. The lowest BCUT2D eigenvalue weighted by atomic mass is 10.1. The Balaban J connectivity index is 1.88. The van der Waals surface area contributed by atoms with E-state index >= 15 is 0 Å². The summed E-state index contributed by atoms with van der Waals surface area (Å²) >= 11 is 0. The molecule has 0 aliphatic heterocycles.